The molecule has 1 unspecified atom stereocenters. The molecule has 0 aromatic carbocycles. The standard InChI is InChI=1S/C20H32O3/c1-19(21)17-15-13-11-9-7-5-3-2-4-6-8-10-12-14-16-18-20(22)23/h3-6,9-12,19,21H,2,7-8,13-18H2,1H3,(H,22,23)/b5-3-,6-4-,11-9-,12-10?. The maximum Gasteiger partial charge on any atom is 0.303 e. The Hall–Kier alpha value is -1.61. The van der Waals surface area contributed by atoms with E-state index in [1.807, 2.05) is 13.0 Å². The largest absolute Gasteiger partial charge is 0.481 e. The lowest BCUT2D eigenvalue weighted by Crippen LogP contribution is -1.97. The van der Waals surface area contributed by atoms with E-state index < -0.39 is 5.97 Å². The first-order valence-corrected chi connectivity index (χ1v) is 8.62. The quantitative estimate of drug-likeness (QED) is 0.342. The molecule has 0 heterocycles. The van der Waals surface area contributed by atoms with Crippen LogP contribution in [0.5, 0.6) is 0 Å². The Kier molecular flexibility index (Phi) is 15.6. The lowest BCUT2D eigenvalue weighted by molar-refractivity contribution is -0.137. The van der Waals surface area contributed by atoms with Gasteiger partial charge in [0.1, 0.15) is 0 Å². The summed E-state index contributed by atoms with van der Waals surface area (Å²) in [6, 6.07) is 0. The fraction of sp³-hybridized carbons (Fsp3) is 0.550. The molecule has 0 saturated heterocycles. The van der Waals surface area contributed by atoms with Crippen molar-refractivity contribution in [3.05, 3.63) is 48.6 Å². The third-order valence-corrected chi connectivity index (χ3v) is 3.24. The van der Waals surface area contributed by atoms with Gasteiger partial charge in [-0.3, -0.25) is 4.79 Å². The Morgan fingerprint density at radius 1 is 0.826 bits per heavy atom. The molecule has 3 heteroatoms. The number of carboxylic acid groups (broad SMARTS) is 1. The highest BCUT2D eigenvalue weighted by Crippen LogP contribution is 2.02. The molecule has 0 aliphatic carbocycles. The molecule has 3 nitrogen and oxygen atoms in total. The number of hydrogen-bond acceptors (Lipinski definition) is 2. The van der Waals surface area contributed by atoms with Crippen molar-refractivity contribution in [3.63, 3.8) is 0 Å². The number of unbranched alkanes of at least 4 members (excludes halogenated alkanes) is 2. The number of carbonyl (C=O) groups is 1. The van der Waals surface area contributed by atoms with E-state index >= 15 is 0 Å². The second-order valence-corrected chi connectivity index (χ2v) is 5.66. The van der Waals surface area contributed by atoms with E-state index in [9.17, 15) is 4.79 Å². The van der Waals surface area contributed by atoms with Crippen LogP contribution in [0, 0.1) is 0 Å². The van der Waals surface area contributed by atoms with Crippen LogP contribution in [0.25, 0.3) is 0 Å². The van der Waals surface area contributed by atoms with Crippen LogP contribution < -0.4 is 0 Å². The number of rotatable bonds is 14. The first-order chi connectivity index (χ1) is 11.1. The van der Waals surface area contributed by atoms with Crippen LogP contribution in [0.15, 0.2) is 48.6 Å². The van der Waals surface area contributed by atoms with Crippen LogP contribution in [-0.2, 0) is 4.79 Å². The van der Waals surface area contributed by atoms with Crippen molar-refractivity contribution in [3.8, 4) is 0 Å². The Morgan fingerprint density at radius 2 is 1.26 bits per heavy atom. The minimum absolute atomic E-state index is 0.185. The summed E-state index contributed by atoms with van der Waals surface area (Å²) in [5, 5.41) is 17.6. The summed E-state index contributed by atoms with van der Waals surface area (Å²) in [7, 11) is 0. The summed E-state index contributed by atoms with van der Waals surface area (Å²) in [5.74, 6) is -0.723. The van der Waals surface area contributed by atoms with Crippen molar-refractivity contribution in [2.24, 2.45) is 0 Å². The van der Waals surface area contributed by atoms with Crippen molar-refractivity contribution in [2.75, 3.05) is 0 Å². The van der Waals surface area contributed by atoms with Crippen LogP contribution in [0.2, 0.25) is 0 Å². The molecule has 0 aliphatic rings. The third-order valence-electron chi connectivity index (χ3n) is 3.24. The zero-order valence-corrected chi connectivity index (χ0v) is 14.4. The molecular formula is C20H32O3. The Balaban J connectivity index is 3.43. The number of carboxylic acids is 1. The van der Waals surface area contributed by atoms with Crippen LogP contribution in [-0.4, -0.2) is 22.3 Å². The molecule has 0 bridgehead atoms. The maximum atomic E-state index is 10.3. The average Bonchev–Trinajstić information content (AvgIpc) is 2.49. The molecule has 1 atom stereocenters. The van der Waals surface area contributed by atoms with Crippen LogP contribution >= 0.6 is 0 Å². The number of allylic oxidation sites excluding steroid dienone is 8. The number of aliphatic hydroxyl groups is 1. The highest BCUT2D eigenvalue weighted by atomic mass is 16.4. The second-order valence-electron chi connectivity index (χ2n) is 5.66. The monoisotopic (exact) mass is 320 g/mol. The normalized spacial score (nSPS) is 13.8. The molecule has 0 fully saturated rings. The molecule has 0 aromatic rings. The summed E-state index contributed by atoms with van der Waals surface area (Å²) in [4.78, 5) is 10.3. The molecule has 0 aliphatic heterocycles. The Morgan fingerprint density at radius 3 is 1.70 bits per heavy atom. The van der Waals surface area contributed by atoms with Gasteiger partial charge in [0.2, 0.25) is 0 Å². The molecule has 23 heavy (non-hydrogen) atoms. The molecule has 0 amide bonds. The highest BCUT2D eigenvalue weighted by Gasteiger charge is 1.93. The van der Waals surface area contributed by atoms with Crippen LogP contribution in [0.3, 0.4) is 0 Å². The molecule has 2 N–H and O–H groups in total. The zero-order chi connectivity index (χ0) is 17.2. The first-order valence-electron chi connectivity index (χ1n) is 8.62. The summed E-state index contributed by atoms with van der Waals surface area (Å²) in [5.41, 5.74) is 0. The second kappa shape index (κ2) is 16.8. The SMILES string of the molecule is CC(O)CCC/C=C\C/C=C\C/C=C\CC=CCCCC(=O)O. The van der Waals surface area contributed by atoms with E-state index in [2.05, 4.69) is 42.5 Å². The van der Waals surface area contributed by atoms with Crippen molar-refractivity contribution < 1.29 is 15.0 Å². The maximum absolute atomic E-state index is 10.3. The minimum atomic E-state index is -0.723. The molecule has 0 radical (unpaired) electrons. The van der Waals surface area contributed by atoms with E-state index in [1.54, 1.807) is 0 Å². The highest BCUT2D eigenvalue weighted by molar-refractivity contribution is 5.66. The van der Waals surface area contributed by atoms with Crippen molar-refractivity contribution >= 4 is 5.97 Å². The van der Waals surface area contributed by atoms with Gasteiger partial charge in [-0.15, -0.1) is 0 Å². The van der Waals surface area contributed by atoms with Gasteiger partial charge in [0.05, 0.1) is 6.10 Å². The predicted octanol–water partition coefficient (Wildman–Crippen LogP) is 5.19. The fourth-order valence-electron chi connectivity index (χ4n) is 1.95. The van der Waals surface area contributed by atoms with Gasteiger partial charge in [0.25, 0.3) is 0 Å². The summed E-state index contributed by atoms with van der Waals surface area (Å²) < 4.78 is 0. The van der Waals surface area contributed by atoms with Gasteiger partial charge in [-0.05, 0) is 58.3 Å². The van der Waals surface area contributed by atoms with Crippen molar-refractivity contribution in [1.82, 2.24) is 0 Å². The molecule has 0 saturated carbocycles. The van der Waals surface area contributed by atoms with Crippen molar-refractivity contribution in [1.29, 1.82) is 0 Å². The lowest BCUT2D eigenvalue weighted by Gasteiger charge is -1.99. The Labute approximate surface area is 141 Å². The van der Waals surface area contributed by atoms with Crippen LogP contribution in [0.4, 0.5) is 0 Å². The molecule has 130 valence electrons. The van der Waals surface area contributed by atoms with Crippen LogP contribution in [0.1, 0.15) is 64.7 Å². The van der Waals surface area contributed by atoms with E-state index in [0.29, 0.717) is 6.42 Å². The summed E-state index contributed by atoms with van der Waals surface area (Å²) in [6.07, 6.45) is 24.5. The van der Waals surface area contributed by atoms with E-state index in [0.717, 1.165) is 44.9 Å². The van der Waals surface area contributed by atoms with E-state index in [1.165, 1.54) is 0 Å². The van der Waals surface area contributed by atoms with Gasteiger partial charge in [0.15, 0.2) is 0 Å². The van der Waals surface area contributed by atoms with E-state index in [-0.39, 0.29) is 12.5 Å². The lowest BCUT2D eigenvalue weighted by atomic mass is 10.1. The molecule has 0 aromatic heterocycles. The number of aliphatic hydroxyl groups excluding tert-OH is 1. The van der Waals surface area contributed by atoms with Gasteiger partial charge in [-0.1, -0.05) is 48.6 Å². The van der Waals surface area contributed by atoms with Gasteiger partial charge in [-0.25, -0.2) is 0 Å². The van der Waals surface area contributed by atoms with Gasteiger partial charge in [-0.2, -0.15) is 0 Å². The smallest absolute Gasteiger partial charge is 0.303 e. The van der Waals surface area contributed by atoms with Gasteiger partial charge >= 0.3 is 5.97 Å². The fourth-order valence-corrected chi connectivity index (χ4v) is 1.95. The number of hydrogen-bond donors (Lipinski definition) is 2. The average molecular weight is 320 g/mol. The summed E-state index contributed by atoms with van der Waals surface area (Å²) >= 11 is 0. The topological polar surface area (TPSA) is 57.5 Å². The minimum Gasteiger partial charge on any atom is -0.481 e. The molecule has 0 spiro atoms. The van der Waals surface area contributed by atoms with Crippen molar-refractivity contribution in [2.45, 2.75) is 70.8 Å². The summed E-state index contributed by atoms with van der Waals surface area (Å²) in [6.45, 7) is 1.83. The first kappa shape index (κ1) is 21.4. The molecular weight excluding hydrogens is 288 g/mol. The third kappa shape index (κ3) is 20.4. The van der Waals surface area contributed by atoms with Gasteiger partial charge in [0, 0.05) is 6.42 Å². The zero-order valence-electron chi connectivity index (χ0n) is 14.4. The Bertz CT molecular complexity index is 390. The predicted molar refractivity (Wildman–Crippen MR) is 97.4 cm³/mol. The molecule has 0 rings (SSSR count). The number of aliphatic carboxylic acids is 1. The van der Waals surface area contributed by atoms with Gasteiger partial charge < -0.3 is 10.2 Å². The van der Waals surface area contributed by atoms with E-state index in [4.69, 9.17) is 10.2 Å².